The summed E-state index contributed by atoms with van der Waals surface area (Å²) in [6.45, 7) is 4.17. The highest BCUT2D eigenvalue weighted by molar-refractivity contribution is 6.05. The molecule has 0 aliphatic carbocycles. The second kappa shape index (κ2) is 4.89. The molecule has 102 valence electrons. The van der Waals surface area contributed by atoms with Crippen molar-refractivity contribution in [3.8, 4) is 11.5 Å². The van der Waals surface area contributed by atoms with Crippen LogP contribution in [0.5, 0.6) is 11.5 Å². The van der Waals surface area contributed by atoms with Crippen LogP contribution in [0, 0.1) is 13.8 Å². The number of hydrogen-bond acceptors (Lipinski definition) is 3. The molecule has 0 aromatic heterocycles. The Morgan fingerprint density at radius 1 is 1.05 bits per heavy atom. The summed E-state index contributed by atoms with van der Waals surface area (Å²) in [6, 6.07) is 11.1. The van der Waals surface area contributed by atoms with E-state index in [2.05, 4.69) is 5.32 Å². The van der Waals surface area contributed by atoms with E-state index in [1.165, 1.54) is 0 Å². The summed E-state index contributed by atoms with van der Waals surface area (Å²) in [6.07, 6.45) is 0. The van der Waals surface area contributed by atoms with Crippen LogP contribution in [0.4, 0.5) is 5.69 Å². The van der Waals surface area contributed by atoms with Crippen LogP contribution in [0.15, 0.2) is 36.4 Å². The minimum atomic E-state index is -0.156. The van der Waals surface area contributed by atoms with Crippen molar-refractivity contribution in [1.29, 1.82) is 0 Å². The molecule has 0 spiro atoms. The lowest BCUT2D eigenvalue weighted by atomic mass is 10.1. The Bertz CT molecular complexity index is 679. The van der Waals surface area contributed by atoms with Crippen LogP contribution in [0.25, 0.3) is 0 Å². The average molecular weight is 269 g/mol. The maximum atomic E-state index is 12.3. The van der Waals surface area contributed by atoms with E-state index < -0.39 is 0 Å². The Labute approximate surface area is 117 Å². The van der Waals surface area contributed by atoms with Crippen LogP contribution in [0.3, 0.4) is 0 Å². The van der Waals surface area contributed by atoms with Crippen molar-refractivity contribution < 1.29 is 14.3 Å². The predicted molar refractivity (Wildman–Crippen MR) is 76.4 cm³/mol. The Hall–Kier alpha value is -2.49. The number of hydrogen-bond donors (Lipinski definition) is 1. The number of benzene rings is 2. The lowest BCUT2D eigenvalue weighted by Crippen LogP contribution is -2.12. The summed E-state index contributed by atoms with van der Waals surface area (Å²) >= 11 is 0. The molecule has 1 heterocycles. The minimum Gasteiger partial charge on any atom is -0.454 e. The van der Waals surface area contributed by atoms with Crippen molar-refractivity contribution in [3.05, 3.63) is 53.1 Å². The number of aryl methyl sites for hydroxylation is 2. The summed E-state index contributed by atoms with van der Waals surface area (Å²) in [4.78, 5) is 12.3. The van der Waals surface area contributed by atoms with E-state index in [0.717, 1.165) is 16.8 Å². The molecule has 4 nitrogen and oxygen atoms in total. The highest BCUT2D eigenvalue weighted by Crippen LogP contribution is 2.32. The van der Waals surface area contributed by atoms with E-state index >= 15 is 0 Å². The van der Waals surface area contributed by atoms with E-state index in [0.29, 0.717) is 17.1 Å². The first-order chi connectivity index (χ1) is 9.63. The van der Waals surface area contributed by atoms with Gasteiger partial charge in [-0.1, -0.05) is 12.1 Å². The fraction of sp³-hybridized carbons (Fsp3) is 0.188. The monoisotopic (exact) mass is 269 g/mol. The number of rotatable bonds is 2. The van der Waals surface area contributed by atoms with E-state index in [9.17, 15) is 4.79 Å². The molecule has 0 unspecified atom stereocenters. The summed E-state index contributed by atoms with van der Waals surface area (Å²) in [5.41, 5.74) is 3.52. The van der Waals surface area contributed by atoms with Crippen LogP contribution < -0.4 is 14.8 Å². The van der Waals surface area contributed by atoms with Crippen LogP contribution in [-0.4, -0.2) is 12.7 Å². The molecule has 4 heteroatoms. The maximum absolute atomic E-state index is 12.3. The molecule has 0 saturated carbocycles. The fourth-order valence-corrected chi connectivity index (χ4v) is 2.10. The molecule has 1 aliphatic rings. The van der Waals surface area contributed by atoms with Gasteiger partial charge in [0, 0.05) is 11.3 Å². The van der Waals surface area contributed by atoms with E-state index in [4.69, 9.17) is 9.47 Å². The number of anilines is 1. The van der Waals surface area contributed by atoms with Gasteiger partial charge in [-0.15, -0.1) is 0 Å². The van der Waals surface area contributed by atoms with Crippen molar-refractivity contribution >= 4 is 11.6 Å². The van der Waals surface area contributed by atoms with Crippen molar-refractivity contribution in [1.82, 2.24) is 0 Å². The highest BCUT2D eigenvalue weighted by atomic mass is 16.7. The maximum Gasteiger partial charge on any atom is 0.255 e. The van der Waals surface area contributed by atoms with Gasteiger partial charge in [-0.2, -0.15) is 0 Å². The van der Waals surface area contributed by atoms with Gasteiger partial charge < -0.3 is 14.8 Å². The average Bonchev–Trinajstić information content (AvgIpc) is 2.90. The van der Waals surface area contributed by atoms with Gasteiger partial charge in [0.05, 0.1) is 0 Å². The molecule has 0 radical (unpaired) electrons. The molecule has 1 N–H and O–H groups in total. The van der Waals surface area contributed by atoms with Gasteiger partial charge in [0.15, 0.2) is 11.5 Å². The van der Waals surface area contributed by atoms with Gasteiger partial charge in [0.25, 0.3) is 5.91 Å². The van der Waals surface area contributed by atoms with Crippen molar-refractivity contribution in [3.63, 3.8) is 0 Å². The van der Waals surface area contributed by atoms with Gasteiger partial charge >= 0.3 is 0 Å². The Morgan fingerprint density at radius 3 is 2.70 bits per heavy atom. The lowest BCUT2D eigenvalue weighted by molar-refractivity contribution is 0.102. The number of amides is 1. The largest absolute Gasteiger partial charge is 0.454 e. The first-order valence-corrected chi connectivity index (χ1v) is 6.42. The molecule has 1 aliphatic heterocycles. The van der Waals surface area contributed by atoms with E-state index in [-0.39, 0.29) is 12.7 Å². The van der Waals surface area contributed by atoms with Crippen LogP contribution >= 0.6 is 0 Å². The second-order valence-electron chi connectivity index (χ2n) is 4.84. The molecule has 1 amide bonds. The molecular formula is C16H15NO3. The first kappa shape index (κ1) is 12.5. The van der Waals surface area contributed by atoms with Gasteiger partial charge in [-0.25, -0.2) is 0 Å². The number of fused-ring (bicyclic) bond motifs is 1. The topological polar surface area (TPSA) is 47.6 Å². The zero-order chi connectivity index (χ0) is 14.1. The summed E-state index contributed by atoms with van der Waals surface area (Å²) in [7, 11) is 0. The predicted octanol–water partition coefficient (Wildman–Crippen LogP) is 3.28. The molecule has 0 atom stereocenters. The Balaban J connectivity index is 1.84. The zero-order valence-electron chi connectivity index (χ0n) is 11.4. The third-order valence-electron chi connectivity index (χ3n) is 3.28. The zero-order valence-corrected chi connectivity index (χ0v) is 11.4. The lowest BCUT2D eigenvalue weighted by Gasteiger charge is -2.09. The number of ether oxygens (including phenoxy) is 2. The van der Waals surface area contributed by atoms with E-state index in [1.807, 2.05) is 32.0 Å². The summed E-state index contributed by atoms with van der Waals surface area (Å²) < 4.78 is 10.5. The smallest absolute Gasteiger partial charge is 0.255 e. The van der Waals surface area contributed by atoms with Gasteiger partial charge in [-0.3, -0.25) is 4.79 Å². The van der Waals surface area contributed by atoms with E-state index in [1.54, 1.807) is 18.2 Å². The van der Waals surface area contributed by atoms with Crippen molar-refractivity contribution in [2.24, 2.45) is 0 Å². The highest BCUT2D eigenvalue weighted by Gasteiger charge is 2.16. The van der Waals surface area contributed by atoms with Gasteiger partial charge in [-0.05, 0) is 49.2 Å². The minimum absolute atomic E-state index is 0.156. The van der Waals surface area contributed by atoms with Crippen molar-refractivity contribution in [2.45, 2.75) is 13.8 Å². The molecule has 0 bridgehead atoms. The normalized spacial score (nSPS) is 12.3. The molecule has 20 heavy (non-hydrogen) atoms. The second-order valence-corrected chi connectivity index (χ2v) is 4.84. The first-order valence-electron chi connectivity index (χ1n) is 6.42. The van der Waals surface area contributed by atoms with Crippen LogP contribution in [-0.2, 0) is 0 Å². The molecule has 2 aromatic rings. The van der Waals surface area contributed by atoms with Crippen LogP contribution in [0.1, 0.15) is 21.5 Å². The molecular weight excluding hydrogens is 254 g/mol. The SMILES string of the molecule is Cc1ccc(C)c(NC(=O)c2ccc3c(c2)OCO3)c1. The standard InChI is InChI=1S/C16H15NO3/c1-10-3-4-11(2)13(7-10)17-16(18)12-5-6-14-15(8-12)20-9-19-14/h3-8H,9H2,1-2H3,(H,17,18). The fourth-order valence-electron chi connectivity index (χ4n) is 2.10. The number of carbonyl (C=O) groups is 1. The summed E-state index contributed by atoms with van der Waals surface area (Å²) in [5.74, 6) is 1.13. The van der Waals surface area contributed by atoms with Gasteiger partial charge in [0.1, 0.15) is 0 Å². The summed E-state index contributed by atoms with van der Waals surface area (Å²) in [5, 5.41) is 2.92. The molecule has 3 rings (SSSR count). The molecule has 0 fully saturated rings. The Kier molecular flexibility index (Phi) is 3.06. The van der Waals surface area contributed by atoms with Crippen LogP contribution in [0.2, 0.25) is 0 Å². The quantitative estimate of drug-likeness (QED) is 0.910. The van der Waals surface area contributed by atoms with Crippen molar-refractivity contribution in [2.75, 3.05) is 12.1 Å². The third-order valence-corrected chi connectivity index (χ3v) is 3.28. The molecule has 2 aromatic carbocycles. The third kappa shape index (κ3) is 2.32. The molecule has 0 saturated heterocycles. The van der Waals surface area contributed by atoms with Gasteiger partial charge in [0.2, 0.25) is 6.79 Å². The number of carbonyl (C=O) groups excluding carboxylic acids is 1. The Morgan fingerprint density at radius 2 is 1.85 bits per heavy atom. The number of nitrogens with one attached hydrogen (secondary N) is 1.